The van der Waals surface area contributed by atoms with Gasteiger partial charge in [-0.1, -0.05) is 18.2 Å². The molecule has 1 aliphatic heterocycles. The first-order chi connectivity index (χ1) is 15.7. The van der Waals surface area contributed by atoms with E-state index in [9.17, 15) is 24.1 Å². The molecule has 0 radical (unpaired) electrons. The van der Waals surface area contributed by atoms with E-state index < -0.39 is 49.2 Å². The molecule has 2 unspecified atom stereocenters. The number of hydrogen-bond acceptors (Lipinski definition) is 9. The maximum atomic E-state index is 12.7. The van der Waals surface area contributed by atoms with E-state index in [2.05, 4.69) is 4.98 Å². The maximum Gasteiger partial charge on any atom is 0.353 e. The molecule has 11 nitrogen and oxygen atoms in total. The number of carbonyl (C=O) groups is 1. The van der Waals surface area contributed by atoms with Crippen LogP contribution in [0, 0.1) is 6.92 Å². The highest BCUT2D eigenvalue weighted by Gasteiger charge is 2.43. The molecule has 33 heavy (non-hydrogen) atoms. The minimum atomic E-state index is -3.56. The fraction of sp³-hybridized carbons (Fsp3) is 0.381. The number of aliphatic hydroxyl groups is 1. The Labute approximate surface area is 189 Å². The predicted molar refractivity (Wildman–Crippen MR) is 117 cm³/mol. The van der Waals surface area contributed by atoms with Gasteiger partial charge < -0.3 is 23.6 Å². The van der Waals surface area contributed by atoms with Gasteiger partial charge in [-0.2, -0.15) is 0 Å². The van der Waals surface area contributed by atoms with Crippen LogP contribution in [0.5, 0.6) is 0 Å². The zero-order chi connectivity index (χ0) is 24.2. The summed E-state index contributed by atoms with van der Waals surface area (Å²) in [6.07, 6.45) is -1.10. The second kappa shape index (κ2) is 10.4. The van der Waals surface area contributed by atoms with Gasteiger partial charge in [0, 0.05) is 31.8 Å². The Kier molecular flexibility index (Phi) is 7.83. The Morgan fingerprint density at radius 1 is 1.24 bits per heavy atom. The molecule has 12 heteroatoms. The molecule has 1 aliphatic rings. The van der Waals surface area contributed by atoms with Crippen molar-refractivity contribution in [2.24, 2.45) is 0 Å². The van der Waals surface area contributed by atoms with Crippen molar-refractivity contribution in [3.8, 4) is 0 Å². The molecular formula is C21H25N2O9P. The summed E-state index contributed by atoms with van der Waals surface area (Å²) < 4.78 is 34.6. The lowest BCUT2D eigenvalue weighted by Gasteiger charge is -2.39. The van der Waals surface area contributed by atoms with Gasteiger partial charge in [-0.25, -0.2) is 9.59 Å². The van der Waals surface area contributed by atoms with Crippen LogP contribution in [0.1, 0.15) is 22.0 Å². The molecule has 0 saturated carbocycles. The predicted octanol–water partition coefficient (Wildman–Crippen LogP) is 1.37. The number of benzene rings is 1. The molecule has 178 valence electrons. The standard InChI is InChI=1S/C21H25N2O9P/c1-13-11-23(21(27)22-19(13)25)15-12-31-16(9-10-33(28,29-2)30-3)18(17(15)24)32-20(26)14-7-5-4-6-8-14/h4-11,15-18,24H,12H2,1-3H3,(H,22,25,27)/b10-9+/t15?,16?,17-,18+/m0/s1. The molecule has 2 heterocycles. The summed E-state index contributed by atoms with van der Waals surface area (Å²) >= 11 is 0. The minimum Gasteiger partial charge on any atom is -0.453 e. The molecule has 0 amide bonds. The molecule has 1 saturated heterocycles. The van der Waals surface area contributed by atoms with Crippen LogP contribution in [0.2, 0.25) is 0 Å². The quantitative estimate of drug-likeness (QED) is 0.443. The summed E-state index contributed by atoms with van der Waals surface area (Å²) in [5.41, 5.74) is -0.803. The van der Waals surface area contributed by atoms with Gasteiger partial charge in [0.25, 0.3) is 5.56 Å². The van der Waals surface area contributed by atoms with Crippen molar-refractivity contribution >= 4 is 13.6 Å². The molecular weight excluding hydrogens is 455 g/mol. The number of aromatic amines is 1. The summed E-state index contributed by atoms with van der Waals surface area (Å²) in [4.78, 5) is 38.9. The number of aromatic nitrogens is 2. The smallest absolute Gasteiger partial charge is 0.353 e. The number of ether oxygens (including phenoxy) is 2. The van der Waals surface area contributed by atoms with E-state index in [4.69, 9.17) is 18.5 Å². The molecule has 0 spiro atoms. The van der Waals surface area contributed by atoms with Crippen LogP contribution in [0.25, 0.3) is 0 Å². The number of aryl methyl sites for hydroxylation is 1. The highest BCUT2D eigenvalue weighted by atomic mass is 31.2. The van der Waals surface area contributed by atoms with Crippen LogP contribution in [0.15, 0.2) is 58.0 Å². The van der Waals surface area contributed by atoms with Gasteiger partial charge >= 0.3 is 19.3 Å². The molecule has 1 aromatic heterocycles. The van der Waals surface area contributed by atoms with Crippen LogP contribution in [-0.4, -0.2) is 59.8 Å². The van der Waals surface area contributed by atoms with Crippen molar-refractivity contribution in [3.05, 3.63) is 80.4 Å². The molecule has 1 aromatic carbocycles. The van der Waals surface area contributed by atoms with Gasteiger partial charge in [0.05, 0.1) is 18.2 Å². The van der Waals surface area contributed by atoms with Gasteiger partial charge in [-0.05, 0) is 25.1 Å². The van der Waals surface area contributed by atoms with E-state index in [0.29, 0.717) is 0 Å². The van der Waals surface area contributed by atoms with E-state index in [1.54, 1.807) is 30.3 Å². The number of carbonyl (C=O) groups excluding carboxylic acids is 1. The van der Waals surface area contributed by atoms with E-state index in [1.807, 2.05) is 0 Å². The molecule has 3 rings (SSSR count). The highest BCUT2D eigenvalue weighted by molar-refractivity contribution is 7.57. The first-order valence-corrected chi connectivity index (χ1v) is 11.6. The number of nitrogens with zero attached hydrogens (tertiary/aromatic N) is 1. The Hall–Kier alpha value is -2.82. The summed E-state index contributed by atoms with van der Waals surface area (Å²) in [6, 6.07) is 7.15. The first kappa shape index (κ1) is 24.8. The second-order valence-corrected chi connectivity index (χ2v) is 9.43. The Balaban J connectivity index is 1.95. The van der Waals surface area contributed by atoms with Crippen LogP contribution >= 0.6 is 7.60 Å². The third-order valence-electron chi connectivity index (χ3n) is 5.24. The lowest BCUT2D eigenvalue weighted by Crippen LogP contribution is -2.54. The lowest BCUT2D eigenvalue weighted by molar-refractivity contribution is -0.146. The molecule has 4 atom stereocenters. The van der Waals surface area contributed by atoms with E-state index >= 15 is 0 Å². The lowest BCUT2D eigenvalue weighted by atomic mass is 9.97. The number of esters is 1. The average molecular weight is 480 g/mol. The van der Waals surface area contributed by atoms with E-state index in [-0.39, 0.29) is 17.7 Å². The average Bonchev–Trinajstić information content (AvgIpc) is 2.82. The molecule has 1 fully saturated rings. The van der Waals surface area contributed by atoms with Crippen molar-refractivity contribution < 1.29 is 33.0 Å². The van der Waals surface area contributed by atoms with Crippen LogP contribution in [-0.2, 0) is 23.1 Å². The van der Waals surface area contributed by atoms with E-state index in [0.717, 1.165) is 10.4 Å². The van der Waals surface area contributed by atoms with Gasteiger partial charge in [0.1, 0.15) is 12.2 Å². The van der Waals surface area contributed by atoms with Crippen molar-refractivity contribution in [1.29, 1.82) is 0 Å². The van der Waals surface area contributed by atoms with Crippen molar-refractivity contribution in [2.45, 2.75) is 31.3 Å². The van der Waals surface area contributed by atoms with Crippen molar-refractivity contribution in [1.82, 2.24) is 9.55 Å². The van der Waals surface area contributed by atoms with E-state index in [1.165, 1.54) is 33.4 Å². The monoisotopic (exact) mass is 480 g/mol. The minimum absolute atomic E-state index is 0.161. The number of nitrogens with one attached hydrogen (secondary N) is 1. The third kappa shape index (κ3) is 5.58. The van der Waals surface area contributed by atoms with Gasteiger partial charge in [-0.3, -0.25) is 18.9 Å². The van der Waals surface area contributed by atoms with Crippen molar-refractivity contribution in [2.75, 3.05) is 20.8 Å². The number of H-pyrrole nitrogens is 1. The number of hydrogen-bond donors (Lipinski definition) is 2. The summed E-state index contributed by atoms with van der Waals surface area (Å²) in [5.74, 6) is 0.415. The van der Waals surface area contributed by atoms with Crippen LogP contribution < -0.4 is 11.2 Å². The number of rotatable bonds is 7. The topological polar surface area (TPSA) is 146 Å². The SMILES string of the molecule is COP(=O)(/C=C/C1OCC(n2cc(C)c(=O)[nH]c2=O)[C@H](O)[C@@H]1OC(=O)c1ccccc1)OC. The van der Waals surface area contributed by atoms with Gasteiger partial charge in [0.15, 0.2) is 6.10 Å². The molecule has 0 bridgehead atoms. The maximum absolute atomic E-state index is 12.7. The fourth-order valence-electron chi connectivity index (χ4n) is 3.35. The van der Waals surface area contributed by atoms with Gasteiger partial charge in [0.2, 0.25) is 0 Å². The molecule has 2 N–H and O–H groups in total. The zero-order valence-electron chi connectivity index (χ0n) is 18.2. The highest BCUT2D eigenvalue weighted by Crippen LogP contribution is 2.48. The zero-order valence-corrected chi connectivity index (χ0v) is 19.1. The Bertz CT molecular complexity index is 1170. The number of aliphatic hydroxyl groups excluding tert-OH is 1. The second-order valence-electron chi connectivity index (χ2n) is 7.32. The summed E-state index contributed by atoms with van der Waals surface area (Å²) in [5, 5.41) is 11.1. The van der Waals surface area contributed by atoms with Crippen molar-refractivity contribution in [3.63, 3.8) is 0 Å². The fourth-order valence-corrected chi connectivity index (χ4v) is 4.12. The van der Waals surface area contributed by atoms with Crippen LogP contribution in [0.4, 0.5) is 0 Å². The first-order valence-electron chi connectivity index (χ1n) is 9.97. The summed E-state index contributed by atoms with van der Waals surface area (Å²) in [7, 11) is -1.14. The molecule has 0 aliphatic carbocycles. The normalized spacial score (nSPS) is 23.5. The molecule has 2 aromatic rings. The van der Waals surface area contributed by atoms with Gasteiger partial charge in [-0.15, -0.1) is 0 Å². The largest absolute Gasteiger partial charge is 0.453 e. The summed E-state index contributed by atoms with van der Waals surface area (Å²) in [6.45, 7) is 1.35. The van der Waals surface area contributed by atoms with Crippen LogP contribution in [0.3, 0.4) is 0 Å². The Morgan fingerprint density at radius 3 is 2.55 bits per heavy atom. The third-order valence-corrected chi connectivity index (χ3v) is 6.79. The Morgan fingerprint density at radius 2 is 1.91 bits per heavy atom.